The zero-order valence-corrected chi connectivity index (χ0v) is 12.6. The average Bonchev–Trinajstić information content (AvgIpc) is 3.09. The molecule has 0 aliphatic heterocycles. The highest BCUT2D eigenvalue weighted by Crippen LogP contribution is 2.22. The van der Waals surface area contributed by atoms with Crippen LogP contribution in [0.15, 0.2) is 22.8 Å². The zero-order valence-electron chi connectivity index (χ0n) is 11.8. The van der Waals surface area contributed by atoms with Gasteiger partial charge in [-0.05, 0) is 12.1 Å². The molecule has 0 spiro atoms. The van der Waals surface area contributed by atoms with E-state index in [1.54, 1.807) is 12.1 Å². The molecule has 8 heteroatoms. The fraction of sp³-hybridized carbons (Fsp3) is 0.385. The number of carbonyl (C=O) groups is 2. The van der Waals surface area contributed by atoms with Gasteiger partial charge in [0.1, 0.15) is 5.01 Å². The summed E-state index contributed by atoms with van der Waals surface area (Å²) in [6.07, 6.45) is 1.58. The van der Waals surface area contributed by atoms with Crippen molar-refractivity contribution in [3.8, 4) is 0 Å². The summed E-state index contributed by atoms with van der Waals surface area (Å²) in [6.45, 7) is 4.24. The summed E-state index contributed by atoms with van der Waals surface area (Å²) >= 11 is 1.35. The number of amides is 2. The zero-order chi connectivity index (χ0) is 15.2. The number of furan rings is 1. The van der Waals surface area contributed by atoms with Gasteiger partial charge in [-0.2, -0.15) is 0 Å². The number of rotatable bonds is 6. The van der Waals surface area contributed by atoms with Gasteiger partial charge in [0.15, 0.2) is 5.76 Å². The molecule has 0 aromatic carbocycles. The maximum atomic E-state index is 11.7. The van der Waals surface area contributed by atoms with Gasteiger partial charge in [0.2, 0.25) is 11.0 Å². The van der Waals surface area contributed by atoms with Crippen LogP contribution in [0.4, 0.5) is 5.13 Å². The highest BCUT2D eigenvalue weighted by molar-refractivity contribution is 7.15. The summed E-state index contributed by atoms with van der Waals surface area (Å²) < 4.78 is 4.94. The summed E-state index contributed by atoms with van der Waals surface area (Å²) in [4.78, 5) is 23.3. The van der Waals surface area contributed by atoms with Crippen LogP contribution in [-0.2, 0) is 4.79 Å². The molecule has 0 unspecified atom stereocenters. The van der Waals surface area contributed by atoms with E-state index in [2.05, 4.69) is 20.8 Å². The number of nitrogens with zero attached hydrogens (tertiary/aromatic N) is 2. The lowest BCUT2D eigenvalue weighted by atomic mass is 10.2. The summed E-state index contributed by atoms with van der Waals surface area (Å²) in [5.41, 5.74) is 0. The smallest absolute Gasteiger partial charge is 0.286 e. The Hall–Kier alpha value is -2.22. The van der Waals surface area contributed by atoms with E-state index in [0.29, 0.717) is 5.13 Å². The molecule has 2 aromatic rings. The molecule has 7 nitrogen and oxygen atoms in total. The quantitative estimate of drug-likeness (QED) is 0.851. The van der Waals surface area contributed by atoms with Crippen LogP contribution in [-0.4, -0.2) is 28.6 Å². The van der Waals surface area contributed by atoms with Crippen LogP contribution in [0.5, 0.6) is 0 Å². The first kappa shape index (κ1) is 15.2. The lowest BCUT2D eigenvalue weighted by molar-refractivity contribution is -0.116. The van der Waals surface area contributed by atoms with Crippen LogP contribution in [0.1, 0.15) is 41.7 Å². The van der Waals surface area contributed by atoms with Gasteiger partial charge in [0.05, 0.1) is 6.26 Å². The summed E-state index contributed by atoms with van der Waals surface area (Å²) in [6, 6.07) is 3.19. The third-order valence-corrected chi connectivity index (χ3v) is 3.70. The lowest BCUT2D eigenvalue weighted by Crippen LogP contribution is -2.27. The number of carbonyl (C=O) groups excluding carboxylic acids is 2. The molecule has 2 heterocycles. The number of hydrogen-bond donors (Lipinski definition) is 2. The van der Waals surface area contributed by atoms with E-state index >= 15 is 0 Å². The van der Waals surface area contributed by atoms with Gasteiger partial charge in [-0.15, -0.1) is 10.2 Å². The predicted molar refractivity (Wildman–Crippen MR) is 78.3 cm³/mol. The molecule has 0 fully saturated rings. The van der Waals surface area contributed by atoms with Crippen molar-refractivity contribution in [2.45, 2.75) is 26.2 Å². The third-order valence-electron chi connectivity index (χ3n) is 2.56. The molecular formula is C13H16N4O3S. The second-order valence-electron chi connectivity index (χ2n) is 4.63. The standard InChI is InChI=1S/C13H16N4O3S/c1-8(2)12-16-17-13(21-12)15-10(18)5-6-14-11(19)9-4-3-7-20-9/h3-4,7-8H,5-6H2,1-2H3,(H,14,19)(H,15,17,18). The van der Waals surface area contributed by atoms with Crippen LogP contribution in [0.25, 0.3) is 0 Å². The fourth-order valence-corrected chi connectivity index (χ4v) is 2.25. The molecule has 0 aliphatic carbocycles. The van der Waals surface area contributed by atoms with E-state index in [1.165, 1.54) is 17.6 Å². The van der Waals surface area contributed by atoms with E-state index in [9.17, 15) is 9.59 Å². The molecular weight excluding hydrogens is 292 g/mol. The third kappa shape index (κ3) is 4.38. The number of hydrogen-bond acceptors (Lipinski definition) is 6. The Morgan fingerprint density at radius 1 is 1.38 bits per heavy atom. The monoisotopic (exact) mass is 308 g/mol. The van der Waals surface area contributed by atoms with Crippen molar-refractivity contribution < 1.29 is 14.0 Å². The molecule has 2 N–H and O–H groups in total. The fourth-order valence-electron chi connectivity index (χ4n) is 1.48. The van der Waals surface area contributed by atoms with E-state index in [0.717, 1.165) is 5.01 Å². The molecule has 21 heavy (non-hydrogen) atoms. The molecule has 112 valence electrons. The molecule has 2 rings (SSSR count). The van der Waals surface area contributed by atoms with Gasteiger partial charge in [0, 0.05) is 18.9 Å². The van der Waals surface area contributed by atoms with Gasteiger partial charge in [0.25, 0.3) is 5.91 Å². The van der Waals surface area contributed by atoms with Crippen LogP contribution < -0.4 is 10.6 Å². The van der Waals surface area contributed by atoms with E-state index in [4.69, 9.17) is 4.42 Å². The molecule has 0 saturated heterocycles. The van der Waals surface area contributed by atoms with Crippen molar-refractivity contribution in [2.75, 3.05) is 11.9 Å². The molecule has 0 bridgehead atoms. The van der Waals surface area contributed by atoms with Gasteiger partial charge >= 0.3 is 0 Å². The van der Waals surface area contributed by atoms with Crippen LogP contribution in [0, 0.1) is 0 Å². The van der Waals surface area contributed by atoms with Crippen LogP contribution >= 0.6 is 11.3 Å². The lowest BCUT2D eigenvalue weighted by Gasteiger charge is -2.03. The molecule has 2 amide bonds. The minimum atomic E-state index is -0.342. The Morgan fingerprint density at radius 2 is 2.19 bits per heavy atom. The summed E-state index contributed by atoms with van der Waals surface area (Å²) in [7, 11) is 0. The molecule has 0 aliphatic rings. The summed E-state index contributed by atoms with van der Waals surface area (Å²) in [5, 5.41) is 14.5. The first-order chi connectivity index (χ1) is 10.1. The van der Waals surface area contributed by atoms with Gasteiger partial charge in [-0.25, -0.2) is 0 Å². The second kappa shape index (κ2) is 6.98. The minimum Gasteiger partial charge on any atom is -0.459 e. The van der Waals surface area contributed by atoms with Crippen molar-refractivity contribution >= 4 is 28.3 Å². The first-order valence-corrected chi connectivity index (χ1v) is 7.33. The predicted octanol–water partition coefficient (Wildman–Crippen LogP) is 2.01. The number of aromatic nitrogens is 2. The molecule has 0 saturated carbocycles. The maximum absolute atomic E-state index is 11.7. The van der Waals surface area contributed by atoms with Crippen molar-refractivity contribution in [2.24, 2.45) is 0 Å². The van der Waals surface area contributed by atoms with Crippen molar-refractivity contribution in [1.29, 1.82) is 0 Å². The second-order valence-corrected chi connectivity index (χ2v) is 5.64. The van der Waals surface area contributed by atoms with E-state index in [1.807, 2.05) is 13.8 Å². The molecule has 0 radical (unpaired) electrons. The normalized spacial score (nSPS) is 10.6. The summed E-state index contributed by atoms with van der Waals surface area (Å²) in [5.74, 6) is -0.0612. The topological polar surface area (TPSA) is 97.1 Å². The highest BCUT2D eigenvalue weighted by Gasteiger charge is 2.11. The SMILES string of the molecule is CC(C)c1nnc(NC(=O)CCNC(=O)c2ccco2)s1. The van der Waals surface area contributed by atoms with Gasteiger partial charge < -0.3 is 15.1 Å². The van der Waals surface area contributed by atoms with Gasteiger partial charge in [-0.3, -0.25) is 9.59 Å². The Labute approximate surface area is 125 Å². The Kier molecular flexibility index (Phi) is 5.04. The highest BCUT2D eigenvalue weighted by atomic mass is 32.1. The molecule has 0 atom stereocenters. The van der Waals surface area contributed by atoms with E-state index in [-0.39, 0.29) is 36.5 Å². The van der Waals surface area contributed by atoms with Gasteiger partial charge in [-0.1, -0.05) is 25.2 Å². The number of nitrogens with one attached hydrogen (secondary N) is 2. The minimum absolute atomic E-state index is 0.156. The van der Waals surface area contributed by atoms with Crippen molar-refractivity contribution in [3.05, 3.63) is 29.2 Å². The Balaban J connectivity index is 1.73. The van der Waals surface area contributed by atoms with Crippen LogP contribution in [0.2, 0.25) is 0 Å². The van der Waals surface area contributed by atoms with Crippen molar-refractivity contribution in [3.63, 3.8) is 0 Å². The largest absolute Gasteiger partial charge is 0.459 e. The van der Waals surface area contributed by atoms with Crippen molar-refractivity contribution in [1.82, 2.24) is 15.5 Å². The van der Waals surface area contributed by atoms with E-state index < -0.39 is 0 Å². The number of anilines is 1. The first-order valence-electron chi connectivity index (χ1n) is 6.51. The Bertz CT molecular complexity index is 607. The Morgan fingerprint density at radius 3 is 2.81 bits per heavy atom. The average molecular weight is 308 g/mol. The van der Waals surface area contributed by atoms with Crippen LogP contribution in [0.3, 0.4) is 0 Å². The molecule has 2 aromatic heterocycles. The maximum Gasteiger partial charge on any atom is 0.286 e.